The number of rotatable bonds is 8. The van der Waals surface area contributed by atoms with Crippen LogP contribution in [0.1, 0.15) is 48.8 Å². The molecule has 0 aromatic heterocycles. The maximum absolute atomic E-state index is 12.2. The first-order valence-corrected chi connectivity index (χ1v) is 8.64. The van der Waals surface area contributed by atoms with Gasteiger partial charge in [0.15, 0.2) is 0 Å². The van der Waals surface area contributed by atoms with Crippen molar-refractivity contribution in [3.8, 4) is 0 Å². The zero-order valence-electron chi connectivity index (χ0n) is 14.7. The quantitative estimate of drug-likeness (QED) is 0.770. The first kappa shape index (κ1) is 18.7. The van der Waals surface area contributed by atoms with E-state index in [2.05, 4.69) is 36.5 Å². The van der Waals surface area contributed by atoms with Gasteiger partial charge in [-0.15, -0.1) is 0 Å². The number of carbonyl (C=O) groups is 2. The van der Waals surface area contributed by atoms with Crippen LogP contribution < -0.4 is 5.32 Å². The summed E-state index contributed by atoms with van der Waals surface area (Å²) in [6.07, 6.45) is 1.33. The van der Waals surface area contributed by atoms with E-state index in [1.165, 1.54) is 5.56 Å². The molecule has 0 aliphatic carbocycles. The topological polar surface area (TPSA) is 66.4 Å². The normalized spacial score (nSPS) is 13.0. The first-order valence-electron chi connectivity index (χ1n) is 8.64. The highest BCUT2D eigenvalue weighted by atomic mass is 16.4. The molecule has 0 saturated carbocycles. The van der Waals surface area contributed by atoms with Gasteiger partial charge in [-0.05, 0) is 29.0 Å². The summed E-state index contributed by atoms with van der Waals surface area (Å²) in [5.41, 5.74) is 3.08. The molecule has 2 rings (SSSR count). The molecule has 2 aromatic carbocycles. The van der Waals surface area contributed by atoms with Crippen molar-refractivity contribution in [1.29, 1.82) is 0 Å². The van der Waals surface area contributed by atoms with Crippen LogP contribution in [0, 0.1) is 0 Å². The van der Waals surface area contributed by atoms with E-state index in [1.54, 1.807) is 24.3 Å². The number of carbonyl (C=O) groups excluding carboxylic acids is 1. The number of hydrogen-bond acceptors (Lipinski definition) is 2. The molecule has 2 unspecified atom stereocenters. The summed E-state index contributed by atoms with van der Waals surface area (Å²) < 4.78 is 0. The number of carboxylic acid groups (broad SMARTS) is 1. The van der Waals surface area contributed by atoms with Gasteiger partial charge in [0, 0.05) is 13.0 Å². The second-order valence-corrected chi connectivity index (χ2v) is 6.31. The Balaban J connectivity index is 1.91. The van der Waals surface area contributed by atoms with E-state index in [1.807, 2.05) is 13.0 Å². The van der Waals surface area contributed by atoms with Gasteiger partial charge in [0.2, 0.25) is 5.91 Å². The second-order valence-electron chi connectivity index (χ2n) is 6.31. The van der Waals surface area contributed by atoms with Crippen molar-refractivity contribution in [2.24, 2.45) is 0 Å². The van der Waals surface area contributed by atoms with Crippen LogP contribution in [0.15, 0.2) is 54.6 Å². The van der Waals surface area contributed by atoms with Crippen molar-refractivity contribution in [3.63, 3.8) is 0 Å². The average Bonchev–Trinajstić information content (AvgIpc) is 2.62. The first-order chi connectivity index (χ1) is 12.0. The van der Waals surface area contributed by atoms with Crippen LogP contribution in [0.2, 0.25) is 0 Å². The van der Waals surface area contributed by atoms with Crippen molar-refractivity contribution in [2.45, 2.75) is 38.5 Å². The van der Waals surface area contributed by atoms with Crippen LogP contribution in [0.3, 0.4) is 0 Å². The summed E-state index contributed by atoms with van der Waals surface area (Å²) in [4.78, 5) is 23.7. The lowest BCUT2D eigenvalue weighted by Gasteiger charge is -2.16. The number of amides is 1. The summed E-state index contributed by atoms with van der Waals surface area (Å²) in [6, 6.07) is 17.3. The van der Waals surface area contributed by atoms with E-state index in [9.17, 15) is 14.7 Å². The standard InChI is InChI=1S/C21H25NO3/c1-3-16-9-11-17(12-10-16)15(2)13-20(23)22-14-19(21(24)25)18-7-5-4-6-8-18/h4-12,15,19H,3,13-14H2,1-2H3,(H,22,23)(H,24,25). The van der Waals surface area contributed by atoms with Crippen LogP contribution in [-0.2, 0) is 16.0 Å². The van der Waals surface area contributed by atoms with Crippen LogP contribution in [-0.4, -0.2) is 23.5 Å². The molecule has 0 radical (unpaired) electrons. The molecular weight excluding hydrogens is 314 g/mol. The summed E-state index contributed by atoms with van der Waals surface area (Å²) >= 11 is 0. The van der Waals surface area contributed by atoms with Gasteiger partial charge >= 0.3 is 5.97 Å². The van der Waals surface area contributed by atoms with Gasteiger partial charge in [0.05, 0.1) is 5.92 Å². The minimum absolute atomic E-state index is 0.0888. The number of aryl methyl sites for hydroxylation is 1. The molecule has 2 N–H and O–H groups in total. The smallest absolute Gasteiger partial charge is 0.312 e. The van der Waals surface area contributed by atoms with Crippen LogP contribution in [0.5, 0.6) is 0 Å². The van der Waals surface area contributed by atoms with Gasteiger partial charge in [0.25, 0.3) is 0 Å². The van der Waals surface area contributed by atoms with Crippen molar-refractivity contribution in [3.05, 3.63) is 71.3 Å². The zero-order chi connectivity index (χ0) is 18.2. The molecular formula is C21H25NO3. The third kappa shape index (κ3) is 5.45. The summed E-state index contributed by atoms with van der Waals surface area (Å²) in [5, 5.41) is 12.2. The third-order valence-corrected chi connectivity index (χ3v) is 4.45. The highest BCUT2D eigenvalue weighted by Gasteiger charge is 2.21. The Morgan fingerprint density at radius 1 is 1.00 bits per heavy atom. The van der Waals surface area contributed by atoms with Crippen molar-refractivity contribution < 1.29 is 14.7 Å². The summed E-state index contributed by atoms with van der Waals surface area (Å²) in [7, 11) is 0. The largest absolute Gasteiger partial charge is 0.481 e. The lowest BCUT2D eigenvalue weighted by atomic mass is 9.95. The average molecular weight is 339 g/mol. The monoisotopic (exact) mass is 339 g/mol. The third-order valence-electron chi connectivity index (χ3n) is 4.45. The Labute approximate surface area is 148 Å². The van der Waals surface area contributed by atoms with Crippen molar-refractivity contribution in [2.75, 3.05) is 6.54 Å². The Kier molecular flexibility index (Phi) is 6.75. The molecule has 25 heavy (non-hydrogen) atoms. The maximum atomic E-state index is 12.2. The number of hydrogen-bond donors (Lipinski definition) is 2. The Hall–Kier alpha value is -2.62. The van der Waals surface area contributed by atoms with Gasteiger partial charge in [-0.3, -0.25) is 9.59 Å². The fourth-order valence-electron chi connectivity index (χ4n) is 2.80. The second kappa shape index (κ2) is 9.02. The minimum Gasteiger partial charge on any atom is -0.481 e. The zero-order valence-corrected chi connectivity index (χ0v) is 14.7. The van der Waals surface area contributed by atoms with Gasteiger partial charge < -0.3 is 10.4 Å². The van der Waals surface area contributed by atoms with E-state index in [4.69, 9.17) is 0 Å². The predicted octanol–water partition coefficient (Wildman–Crippen LogP) is 3.73. The van der Waals surface area contributed by atoms with Gasteiger partial charge in [-0.25, -0.2) is 0 Å². The Bertz CT molecular complexity index is 695. The molecule has 0 fully saturated rings. The number of nitrogens with one attached hydrogen (secondary N) is 1. The van der Waals surface area contributed by atoms with Crippen molar-refractivity contribution in [1.82, 2.24) is 5.32 Å². The molecule has 2 atom stereocenters. The number of benzene rings is 2. The molecule has 132 valence electrons. The van der Waals surface area contributed by atoms with Gasteiger partial charge in [-0.1, -0.05) is 68.4 Å². The SMILES string of the molecule is CCc1ccc(C(C)CC(=O)NCC(C(=O)O)c2ccccc2)cc1. The van der Waals surface area contributed by atoms with E-state index in [-0.39, 0.29) is 18.4 Å². The number of aliphatic carboxylic acids is 1. The van der Waals surface area contributed by atoms with Crippen LogP contribution in [0.25, 0.3) is 0 Å². The van der Waals surface area contributed by atoms with Gasteiger partial charge in [-0.2, -0.15) is 0 Å². The van der Waals surface area contributed by atoms with Gasteiger partial charge in [0.1, 0.15) is 0 Å². The summed E-state index contributed by atoms with van der Waals surface area (Å²) in [5.74, 6) is -1.71. The molecule has 4 nitrogen and oxygen atoms in total. The van der Waals surface area contributed by atoms with Crippen LogP contribution >= 0.6 is 0 Å². The molecule has 4 heteroatoms. The van der Waals surface area contributed by atoms with E-state index in [0.717, 1.165) is 12.0 Å². The molecule has 0 aliphatic heterocycles. The van der Waals surface area contributed by atoms with E-state index in [0.29, 0.717) is 12.0 Å². The minimum atomic E-state index is -0.935. The van der Waals surface area contributed by atoms with E-state index < -0.39 is 11.9 Å². The molecule has 0 aliphatic rings. The Morgan fingerprint density at radius 3 is 2.20 bits per heavy atom. The van der Waals surface area contributed by atoms with E-state index >= 15 is 0 Å². The fraction of sp³-hybridized carbons (Fsp3) is 0.333. The molecule has 1 amide bonds. The highest BCUT2D eigenvalue weighted by Crippen LogP contribution is 2.20. The highest BCUT2D eigenvalue weighted by molar-refractivity contribution is 5.80. The molecule has 0 saturated heterocycles. The molecule has 0 spiro atoms. The number of carboxylic acids is 1. The van der Waals surface area contributed by atoms with Crippen molar-refractivity contribution >= 4 is 11.9 Å². The maximum Gasteiger partial charge on any atom is 0.312 e. The lowest BCUT2D eigenvalue weighted by molar-refractivity contribution is -0.138. The molecule has 0 heterocycles. The Morgan fingerprint density at radius 2 is 1.64 bits per heavy atom. The predicted molar refractivity (Wildman–Crippen MR) is 98.7 cm³/mol. The lowest BCUT2D eigenvalue weighted by Crippen LogP contribution is -2.32. The van der Waals surface area contributed by atoms with Crippen LogP contribution in [0.4, 0.5) is 0 Å². The fourth-order valence-corrected chi connectivity index (χ4v) is 2.80. The molecule has 0 bridgehead atoms. The molecule has 2 aromatic rings. The summed E-state index contributed by atoms with van der Waals surface area (Å²) in [6.45, 7) is 4.21.